The van der Waals surface area contributed by atoms with Gasteiger partial charge >= 0.3 is 0 Å². The van der Waals surface area contributed by atoms with Crippen molar-refractivity contribution in [1.29, 1.82) is 0 Å². The molecule has 0 aliphatic rings. The summed E-state index contributed by atoms with van der Waals surface area (Å²) in [6.45, 7) is 3.58. The summed E-state index contributed by atoms with van der Waals surface area (Å²) in [7, 11) is 0. The molecule has 0 aliphatic carbocycles. The minimum atomic E-state index is -0.494. The molecule has 0 fully saturated rings. The van der Waals surface area contributed by atoms with Crippen LogP contribution in [0.2, 0.25) is 0 Å². The van der Waals surface area contributed by atoms with Crippen LogP contribution in [0.1, 0.15) is 24.6 Å². The number of aliphatic hydroxyl groups excluding tert-OH is 1. The van der Waals surface area contributed by atoms with Gasteiger partial charge in [0.25, 0.3) is 0 Å². The van der Waals surface area contributed by atoms with Gasteiger partial charge in [-0.15, -0.1) is 6.58 Å². The van der Waals surface area contributed by atoms with Crippen molar-refractivity contribution in [3.05, 3.63) is 36.9 Å². The van der Waals surface area contributed by atoms with Gasteiger partial charge in [-0.1, -0.05) is 6.08 Å². The van der Waals surface area contributed by atoms with Gasteiger partial charge < -0.3 is 5.11 Å². The summed E-state index contributed by atoms with van der Waals surface area (Å²) in [5.41, 5.74) is 0.673. The second-order valence-electron chi connectivity index (χ2n) is 2.52. The van der Waals surface area contributed by atoms with Crippen LogP contribution >= 0.6 is 0 Å². The summed E-state index contributed by atoms with van der Waals surface area (Å²) < 4.78 is 0. The Kier molecular flexibility index (Phi) is 3.41. The molecule has 0 bridgehead atoms. The standard InChI is InChI=1S/C9H12N2O/c1-2-3-4-9(12)8-5-6-10-7-11-8/h2,5-7,9,12H,1,3-4H2. The Morgan fingerprint density at radius 3 is 3.08 bits per heavy atom. The lowest BCUT2D eigenvalue weighted by Gasteiger charge is -2.06. The molecule has 0 aromatic carbocycles. The maximum atomic E-state index is 9.51. The lowest BCUT2D eigenvalue weighted by molar-refractivity contribution is 0.164. The quantitative estimate of drug-likeness (QED) is 0.685. The number of rotatable bonds is 4. The van der Waals surface area contributed by atoms with E-state index in [2.05, 4.69) is 16.5 Å². The van der Waals surface area contributed by atoms with Crippen LogP contribution in [0.15, 0.2) is 31.2 Å². The third-order valence-corrected chi connectivity index (χ3v) is 1.59. The predicted octanol–water partition coefficient (Wildman–Crippen LogP) is 1.48. The van der Waals surface area contributed by atoms with Gasteiger partial charge in [0.15, 0.2) is 0 Å². The van der Waals surface area contributed by atoms with E-state index in [1.807, 2.05) is 0 Å². The van der Waals surface area contributed by atoms with Crippen LogP contribution in [-0.2, 0) is 0 Å². The lowest BCUT2D eigenvalue weighted by Crippen LogP contribution is -1.99. The summed E-state index contributed by atoms with van der Waals surface area (Å²) in [5, 5.41) is 9.51. The van der Waals surface area contributed by atoms with Crippen molar-refractivity contribution >= 4 is 0 Å². The van der Waals surface area contributed by atoms with Crippen LogP contribution in [0.25, 0.3) is 0 Å². The van der Waals surface area contributed by atoms with Gasteiger partial charge in [-0.3, -0.25) is 0 Å². The molecule has 64 valence electrons. The molecule has 1 aromatic rings. The van der Waals surface area contributed by atoms with Gasteiger partial charge in [0.05, 0.1) is 11.8 Å². The van der Waals surface area contributed by atoms with Gasteiger partial charge in [-0.2, -0.15) is 0 Å². The SMILES string of the molecule is C=CCCC(O)c1ccncn1. The maximum Gasteiger partial charge on any atom is 0.115 e. The zero-order valence-corrected chi connectivity index (χ0v) is 6.85. The molecule has 1 heterocycles. The Hall–Kier alpha value is -1.22. The van der Waals surface area contributed by atoms with Crippen LogP contribution in [0, 0.1) is 0 Å². The molecular formula is C9H12N2O. The highest BCUT2D eigenvalue weighted by atomic mass is 16.3. The van der Waals surface area contributed by atoms with Crippen LogP contribution in [0.3, 0.4) is 0 Å². The number of aliphatic hydroxyl groups is 1. The van der Waals surface area contributed by atoms with Crippen molar-refractivity contribution in [1.82, 2.24) is 9.97 Å². The molecule has 1 atom stereocenters. The van der Waals surface area contributed by atoms with E-state index in [1.54, 1.807) is 18.3 Å². The highest BCUT2D eigenvalue weighted by molar-refractivity contribution is 5.01. The van der Waals surface area contributed by atoms with Crippen molar-refractivity contribution in [3.8, 4) is 0 Å². The van der Waals surface area contributed by atoms with Gasteiger partial charge in [-0.25, -0.2) is 9.97 Å². The van der Waals surface area contributed by atoms with Crippen molar-refractivity contribution in [2.75, 3.05) is 0 Å². The van der Waals surface area contributed by atoms with Crippen molar-refractivity contribution < 1.29 is 5.11 Å². The molecule has 3 nitrogen and oxygen atoms in total. The molecule has 0 saturated carbocycles. The van der Waals surface area contributed by atoms with Crippen molar-refractivity contribution in [2.45, 2.75) is 18.9 Å². The number of allylic oxidation sites excluding steroid dienone is 1. The van der Waals surface area contributed by atoms with Gasteiger partial charge in [0, 0.05) is 6.20 Å². The molecule has 0 radical (unpaired) electrons. The van der Waals surface area contributed by atoms with Crippen LogP contribution < -0.4 is 0 Å². The molecule has 0 spiro atoms. The monoisotopic (exact) mass is 164 g/mol. The molecule has 1 N–H and O–H groups in total. The lowest BCUT2D eigenvalue weighted by atomic mass is 10.1. The first-order valence-corrected chi connectivity index (χ1v) is 3.89. The average Bonchev–Trinajstić information content (AvgIpc) is 2.15. The first-order chi connectivity index (χ1) is 5.84. The minimum absolute atomic E-state index is 0.494. The molecule has 1 rings (SSSR count). The number of aromatic nitrogens is 2. The average molecular weight is 164 g/mol. The predicted molar refractivity (Wildman–Crippen MR) is 46.4 cm³/mol. The van der Waals surface area contributed by atoms with Crippen LogP contribution in [0.4, 0.5) is 0 Å². The van der Waals surface area contributed by atoms with Gasteiger partial charge in [0.1, 0.15) is 6.33 Å². The molecule has 1 aromatic heterocycles. The second-order valence-corrected chi connectivity index (χ2v) is 2.52. The normalized spacial score (nSPS) is 12.4. The summed E-state index contributed by atoms with van der Waals surface area (Å²) in [6, 6.07) is 1.72. The fraction of sp³-hybridized carbons (Fsp3) is 0.333. The van der Waals surface area contributed by atoms with Crippen LogP contribution in [-0.4, -0.2) is 15.1 Å². The fourth-order valence-corrected chi connectivity index (χ4v) is 0.922. The first-order valence-electron chi connectivity index (χ1n) is 3.89. The molecule has 3 heteroatoms. The molecule has 0 aliphatic heterocycles. The Morgan fingerprint density at radius 2 is 2.50 bits per heavy atom. The van der Waals surface area contributed by atoms with Gasteiger partial charge in [-0.05, 0) is 18.9 Å². The summed E-state index contributed by atoms with van der Waals surface area (Å²) in [6.07, 6.45) is 5.81. The third-order valence-electron chi connectivity index (χ3n) is 1.59. The Bertz CT molecular complexity index is 236. The highest BCUT2D eigenvalue weighted by Crippen LogP contribution is 2.14. The zero-order valence-electron chi connectivity index (χ0n) is 6.85. The van der Waals surface area contributed by atoms with E-state index in [-0.39, 0.29) is 0 Å². The Morgan fingerprint density at radius 1 is 1.67 bits per heavy atom. The van der Waals surface area contributed by atoms with E-state index in [1.165, 1.54) is 6.33 Å². The van der Waals surface area contributed by atoms with E-state index in [0.717, 1.165) is 6.42 Å². The molecular weight excluding hydrogens is 152 g/mol. The summed E-state index contributed by atoms with van der Waals surface area (Å²) >= 11 is 0. The van der Waals surface area contributed by atoms with Crippen LogP contribution in [0.5, 0.6) is 0 Å². The third kappa shape index (κ3) is 2.43. The van der Waals surface area contributed by atoms with E-state index in [9.17, 15) is 5.11 Å². The van der Waals surface area contributed by atoms with Gasteiger partial charge in [0.2, 0.25) is 0 Å². The van der Waals surface area contributed by atoms with E-state index in [4.69, 9.17) is 0 Å². The maximum absolute atomic E-state index is 9.51. The number of nitrogens with zero attached hydrogens (tertiary/aromatic N) is 2. The van der Waals surface area contributed by atoms with Crippen molar-refractivity contribution in [3.63, 3.8) is 0 Å². The zero-order chi connectivity index (χ0) is 8.81. The van der Waals surface area contributed by atoms with E-state index < -0.39 is 6.10 Å². The topological polar surface area (TPSA) is 46.0 Å². The Balaban J connectivity index is 2.53. The molecule has 12 heavy (non-hydrogen) atoms. The minimum Gasteiger partial charge on any atom is -0.387 e. The van der Waals surface area contributed by atoms with E-state index in [0.29, 0.717) is 12.1 Å². The smallest absolute Gasteiger partial charge is 0.115 e. The van der Waals surface area contributed by atoms with Crippen molar-refractivity contribution in [2.24, 2.45) is 0 Å². The number of hydrogen-bond donors (Lipinski definition) is 1. The Labute approximate surface area is 71.8 Å². The second kappa shape index (κ2) is 4.62. The summed E-state index contributed by atoms with van der Waals surface area (Å²) in [4.78, 5) is 7.70. The molecule has 1 unspecified atom stereocenters. The highest BCUT2D eigenvalue weighted by Gasteiger charge is 2.05. The largest absolute Gasteiger partial charge is 0.387 e. The fourth-order valence-electron chi connectivity index (χ4n) is 0.922. The van der Waals surface area contributed by atoms with E-state index >= 15 is 0 Å². The summed E-state index contributed by atoms with van der Waals surface area (Å²) in [5.74, 6) is 0. The first kappa shape index (κ1) is 8.87. The molecule has 0 saturated heterocycles. The number of hydrogen-bond acceptors (Lipinski definition) is 3. The molecule has 0 amide bonds.